The molecular formula is C67H71BN2O. The van der Waals surface area contributed by atoms with Crippen LogP contribution in [0.15, 0.2) is 120 Å². The van der Waals surface area contributed by atoms with Gasteiger partial charge in [-0.05, 0) is 199 Å². The number of nitrogens with zero attached hydrogens (tertiary/aromatic N) is 2. The molecule has 13 rings (SSSR count). The van der Waals surface area contributed by atoms with Crippen LogP contribution >= 0.6 is 0 Å². The predicted octanol–water partition coefficient (Wildman–Crippen LogP) is 16.6. The molecule has 71 heavy (non-hydrogen) atoms. The molecule has 3 aliphatic carbocycles. The summed E-state index contributed by atoms with van der Waals surface area (Å²) in [6.45, 7) is 34.3. The maximum Gasteiger partial charge on any atom is 0.252 e. The molecule has 2 aliphatic heterocycles. The van der Waals surface area contributed by atoms with Crippen LogP contribution in [0, 0.1) is 13.8 Å². The first-order valence-electron chi connectivity index (χ1n) is 26.7. The number of hydrogen-bond acceptors (Lipinski definition) is 3. The van der Waals surface area contributed by atoms with Gasteiger partial charge in [0.25, 0.3) is 6.71 Å². The first kappa shape index (κ1) is 44.9. The van der Waals surface area contributed by atoms with Crippen LogP contribution in [-0.4, -0.2) is 6.71 Å². The minimum absolute atomic E-state index is 0.0157. The third kappa shape index (κ3) is 6.34. The number of anilines is 6. The molecule has 8 aromatic rings. The molecule has 0 unspecified atom stereocenters. The first-order chi connectivity index (χ1) is 33.5. The molecule has 358 valence electrons. The monoisotopic (exact) mass is 931 g/mol. The number of furan rings is 1. The Morgan fingerprint density at radius 1 is 0.380 bits per heavy atom. The summed E-state index contributed by atoms with van der Waals surface area (Å²) < 4.78 is 6.90. The number of hydrogen-bond donors (Lipinski definition) is 0. The Labute approximate surface area is 423 Å². The highest BCUT2D eigenvalue weighted by Crippen LogP contribution is 2.56. The maximum absolute atomic E-state index is 6.90. The largest absolute Gasteiger partial charge is 0.456 e. The van der Waals surface area contributed by atoms with E-state index in [-0.39, 0.29) is 39.2 Å². The summed E-state index contributed by atoms with van der Waals surface area (Å²) in [7, 11) is 0. The van der Waals surface area contributed by atoms with E-state index in [1.165, 1.54) is 125 Å². The van der Waals surface area contributed by atoms with Gasteiger partial charge < -0.3 is 14.2 Å². The third-order valence-corrected chi connectivity index (χ3v) is 19.0. The fourth-order valence-electron chi connectivity index (χ4n) is 14.9. The van der Waals surface area contributed by atoms with Gasteiger partial charge in [0.2, 0.25) is 0 Å². The van der Waals surface area contributed by atoms with Crippen LogP contribution in [0.5, 0.6) is 0 Å². The highest BCUT2D eigenvalue weighted by molar-refractivity contribution is 7.00. The van der Waals surface area contributed by atoms with E-state index < -0.39 is 0 Å². The van der Waals surface area contributed by atoms with E-state index in [0.717, 1.165) is 34.8 Å². The van der Waals surface area contributed by atoms with Gasteiger partial charge in [-0.3, -0.25) is 0 Å². The molecule has 0 saturated carbocycles. The molecule has 0 N–H and O–H groups in total. The average molecular weight is 931 g/mol. The third-order valence-electron chi connectivity index (χ3n) is 19.0. The van der Waals surface area contributed by atoms with Crippen molar-refractivity contribution in [1.82, 2.24) is 0 Å². The second kappa shape index (κ2) is 14.4. The molecule has 7 aromatic carbocycles. The normalized spacial score (nSPS) is 20.0. The number of aryl methyl sites for hydroxylation is 2. The molecule has 0 atom stereocenters. The summed E-state index contributed by atoms with van der Waals surface area (Å²) in [6, 6.07) is 45.5. The van der Waals surface area contributed by atoms with Crippen molar-refractivity contribution < 1.29 is 4.42 Å². The number of fused-ring (bicyclic) bond motifs is 10. The lowest BCUT2D eigenvalue weighted by atomic mass is 9.33. The lowest BCUT2D eigenvalue weighted by molar-refractivity contribution is 0.332. The zero-order valence-corrected chi connectivity index (χ0v) is 44.9. The van der Waals surface area contributed by atoms with Crippen LogP contribution < -0.4 is 26.2 Å². The summed E-state index contributed by atoms with van der Waals surface area (Å²) in [5.74, 6) is 0. The fourth-order valence-corrected chi connectivity index (χ4v) is 14.9. The second-order valence-electron chi connectivity index (χ2n) is 26.7. The first-order valence-corrected chi connectivity index (χ1v) is 26.7. The van der Waals surface area contributed by atoms with Crippen molar-refractivity contribution in [2.24, 2.45) is 0 Å². The van der Waals surface area contributed by atoms with Crippen molar-refractivity contribution in [3.8, 4) is 11.1 Å². The van der Waals surface area contributed by atoms with Gasteiger partial charge in [-0.2, -0.15) is 0 Å². The molecule has 0 saturated heterocycles. The van der Waals surface area contributed by atoms with Gasteiger partial charge in [0.05, 0.1) is 0 Å². The summed E-state index contributed by atoms with van der Waals surface area (Å²) >= 11 is 0. The van der Waals surface area contributed by atoms with Crippen molar-refractivity contribution >= 4 is 79.2 Å². The van der Waals surface area contributed by atoms with Gasteiger partial charge in [0.15, 0.2) is 0 Å². The van der Waals surface area contributed by atoms with E-state index in [9.17, 15) is 0 Å². The number of para-hydroxylation sites is 1. The van der Waals surface area contributed by atoms with Crippen molar-refractivity contribution in [3.63, 3.8) is 0 Å². The minimum atomic E-state index is -0.0497. The molecule has 0 bridgehead atoms. The summed E-state index contributed by atoms with van der Waals surface area (Å²) in [5.41, 5.74) is 27.9. The Bertz CT molecular complexity index is 3620. The standard InChI is InChI=1S/C67H71BN2O/c1-39-28-45-48(64(7,8)26-24-62(45,3)4)34-53(39)69-55-32-44-43-22-18-19-23-59(43)71-60(44)37-52(55)68-51-33-47-50(67(13,14)38-66(47,11)12)36-56(51)70(58-31-42(30-57(69)61(58)68)41-20-16-15-17-21-41)54-35-49-46(29-40(54)2)63(5,6)25-27-65(49,9)10/h15-23,28-37H,24-27,38H2,1-14H3. The van der Waals surface area contributed by atoms with Crippen LogP contribution in [0.4, 0.5) is 34.1 Å². The zero-order valence-electron chi connectivity index (χ0n) is 44.9. The molecule has 0 spiro atoms. The van der Waals surface area contributed by atoms with E-state index in [1.54, 1.807) is 0 Å². The lowest BCUT2D eigenvalue weighted by Gasteiger charge is -2.47. The zero-order chi connectivity index (χ0) is 49.7. The van der Waals surface area contributed by atoms with Crippen molar-refractivity contribution in [2.75, 3.05) is 9.80 Å². The smallest absolute Gasteiger partial charge is 0.252 e. The van der Waals surface area contributed by atoms with Gasteiger partial charge in [-0.15, -0.1) is 0 Å². The minimum Gasteiger partial charge on any atom is -0.456 e. The maximum atomic E-state index is 6.90. The molecule has 0 fully saturated rings. The van der Waals surface area contributed by atoms with E-state index in [2.05, 4.69) is 222 Å². The van der Waals surface area contributed by atoms with Crippen molar-refractivity contribution in [3.05, 3.63) is 160 Å². The molecule has 4 heteroatoms. The Morgan fingerprint density at radius 2 is 0.817 bits per heavy atom. The van der Waals surface area contributed by atoms with Crippen LogP contribution in [0.3, 0.4) is 0 Å². The Kier molecular flexibility index (Phi) is 9.08. The Morgan fingerprint density at radius 3 is 1.37 bits per heavy atom. The van der Waals surface area contributed by atoms with Crippen molar-refractivity contribution in [1.29, 1.82) is 0 Å². The van der Waals surface area contributed by atoms with Gasteiger partial charge in [-0.1, -0.05) is 150 Å². The van der Waals surface area contributed by atoms with Crippen LogP contribution in [0.2, 0.25) is 0 Å². The highest BCUT2D eigenvalue weighted by atomic mass is 16.3. The van der Waals surface area contributed by atoms with Crippen LogP contribution in [0.25, 0.3) is 33.1 Å². The van der Waals surface area contributed by atoms with Crippen LogP contribution in [-0.2, 0) is 32.5 Å². The Hall–Kier alpha value is -6.00. The van der Waals surface area contributed by atoms with E-state index in [1.807, 2.05) is 0 Å². The quantitative estimate of drug-likeness (QED) is 0.165. The van der Waals surface area contributed by atoms with Gasteiger partial charge in [-0.25, -0.2) is 0 Å². The van der Waals surface area contributed by atoms with Gasteiger partial charge in [0, 0.05) is 44.9 Å². The predicted molar refractivity (Wildman–Crippen MR) is 304 cm³/mol. The molecule has 3 heterocycles. The van der Waals surface area contributed by atoms with Gasteiger partial charge in [0.1, 0.15) is 11.2 Å². The number of benzene rings is 7. The van der Waals surface area contributed by atoms with E-state index >= 15 is 0 Å². The molecule has 1 aromatic heterocycles. The molecule has 0 radical (unpaired) electrons. The topological polar surface area (TPSA) is 19.6 Å². The summed E-state index contributed by atoms with van der Waals surface area (Å²) in [5, 5.41) is 2.32. The van der Waals surface area contributed by atoms with Crippen LogP contribution in [0.1, 0.15) is 160 Å². The number of rotatable bonds is 3. The summed E-state index contributed by atoms with van der Waals surface area (Å²) in [4.78, 5) is 5.43. The average Bonchev–Trinajstić information content (AvgIpc) is 3.77. The second-order valence-corrected chi connectivity index (χ2v) is 26.7. The fraction of sp³-hybridized carbons (Fsp3) is 0.373. The summed E-state index contributed by atoms with van der Waals surface area (Å²) in [6.07, 6.45) is 5.80. The molecule has 3 nitrogen and oxygen atoms in total. The molecular weight excluding hydrogens is 860 g/mol. The highest BCUT2D eigenvalue weighted by Gasteiger charge is 2.50. The van der Waals surface area contributed by atoms with Gasteiger partial charge >= 0.3 is 0 Å². The Balaban J connectivity index is 1.20. The van der Waals surface area contributed by atoms with E-state index in [0.29, 0.717) is 0 Å². The molecule has 5 aliphatic rings. The van der Waals surface area contributed by atoms with E-state index in [4.69, 9.17) is 4.42 Å². The SMILES string of the molecule is Cc1cc2c(cc1N1c3cc4c(cc3B3c5cc6oc7ccccc7c6cc5N(c5cc6c(cc5C)C(C)(C)CCC6(C)C)c5cc(-c6ccccc6)cc1c53)C(C)(C)CC4(C)C)C(C)(C)CCC2(C)C. The molecule has 0 amide bonds. The lowest BCUT2D eigenvalue weighted by Crippen LogP contribution is -2.61. The van der Waals surface area contributed by atoms with Crippen molar-refractivity contribution in [2.45, 2.75) is 162 Å².